The van der Waals surface area contributed by atoms with E-state index in [4.69, 9.17) is 5.73 Å². The zero-order valence-corrected chi connectivity index (χ0v) is 17.3. The number of hydrogen-bond donors (Lipinski definition) is 2. The van der Waals surface area contributed by atoms with E-state index in [0.29, 0.717) is 34.8 Å². The second kappa shape index (κ2) is 7.99. The van der Waals surface area contributed by atoms with Crippen LogP contribution in [0.2, 0.25) is 0 Å². The summed E-state index contributed by atoms with van der Waals surface area (Å²) in [5.41, 5.74) is 10.6. The third-order valence-electron chi connectivity index (χ3n) is 5.89. The predicted molar refractivity (Wildman–Crippen MR) is 115 cm³/mol. The highest BCUT2D eigenvalue weighted by molar-refractivity contribution is 5.99. The highest BCUT2D eigenvalue weighted by Crippen LogP contribution is 2.29. The van der Waals surface area contributed by atoms with Crippen molar-refractivity contribution in [3.05, 3.63) is 64.7 Å². The van der Waals surface area contributed by atoms with E-state index >= 15 is 0 Å². The summed E-state index contributed by atoms with van der Waals surface area (Å²) in [4.78, 5) is 16.3. The molecule has 0 radical (unpaired) electrons. The third-order valence-corrected chi connectivity index (χ3v) is 5.89. The number of halogens is 1. The van der Waals surface area contributed by atoms with Gasteiger partial charge in [-0.05, 0) is 81.4 Å². The average molecular weight is 407 g/mol. The molecule has 156 valence electrons. The first-order chi connectivity index (χ1) is 14.3. The van der Waals surface area contributed by atoms with Crippen LogP contribution in [0.15, 0.2) is 36.5 Å². The Morgan fingerprint density at radius 2 is 2.03 bits per heavy atom. The molecule has 0 atom stereocenters. The molecule has 4 rings (SSSR count). The van der Waals surface area contributed by atoms with Gasteiger partial charge in [0.05, 0.1) is 23.1 Å². The van der Waals surface area contributed by atoms with Crippen LogP contribution in [0.25, 0.3) is 16.9 Å². The second-order valence-electron chi connectivity index (χ2n) is 8.06. The predicted octanol–water partition coefficient (Wildman–Crippen LogP) is 3.35. The van der Waals surface area contributed by atoms with Crippen molar-refractivity contribution in [1.29, 1.82) is 0 Å². The van der Waals surface area contributed by atoms with Crippen LogP contribution in [-0.4, -0.2) is 33.6 Å². The molecule has 2 aromatic heterocycles. The number of aromatic nitrogens is 3. The zero-order chi connectivity index (χ0) is 21.4. The average Bonchev–Trinajstić information content (AvgIpc) is 3.10. The number of piperidine rings is 1. The molecule has 1 saturated heterocycles. The van der Waals surface area contributed by atoms with E-state index in [-0.39, 0.29) is 11.4 Å². The number of primary amides is 1. The Balaban J connectivity index is 1.74. The molecule has 3 aromatic rings. The molecule has 7 heteroatoms. The van der Waals surface area contributed by atoms with Crippen molar-refractivity contribution in [2.45, 2.75) is 33.1 Å². The van der Waals surface area contributed by atoms with Gasteiger partial charge in [-0.2, -0.15) is 5.10 Å². The Bertz CT molecular complexity index is 1140. The van der Waals surface area contributed by atoms with Crippen molar-refractivity contribution in [3.63, 3.8) is 0 Å². The van der Waals surface area contributed by atoms with Crippen LogP contribution in [0, 0.1) is 25.6 Å². The first kappa shape index (κ1) is 20.2. The molecular weight excluding hydrogens is 381 g/mol. The molecule has 1 aliphatic rings. The molecule has 0 bridgehead atoms. The van der Waals surface area contributed by atoms with Crippen molar-refractivity contribution in [2.75, 3.05) is 13.1 Å². The maximum Gasteiger partial charge on any atom is 0.252 e. The Hall–Kier alpha value is -3.06. The number of nitrogens with two attached hydrogens (primary N) is 1. The molecule has 1 fully saturated rings. The zero-order valence-electron chi connectivity index (χ0n) is 17.3. The number of carbonyl (C=O) groups excluding carboxylic acids is 1. The van der Waals surface area contributed by atoms with Crippen molar-refractivity contribution in [2.24, 2.45) is 11.7 Å². The van der Waals surface area contributed by atoms with Gasteiger partial charge < -0.3 is 11.1 Å². The van der Waals surface area contributed by atoms with Crippen molar-refractivity contribution in [1.82, 2.24) is 19.9 Å². The molecule has 1 amide bonds. The van der Waals surface area contributed by atoms with Gasteiger partial charge in [0.2, 0.25) is 0 Å². The summed E-state index contributed by atoms with van der Waals surface area (Å²) in [7, 11) is 0. The van der Waals surface area contributed by atoms with Crippen LogP contribution in [0.3, 0.4) is 0 Å². The number of aryl methyl sites for hydroxylation is 1. The molecular formula is C23H26FN5O. The molecule has 0 unspecified atom stereocenters. The van der Waals surface area contributed by atoms with Crippen LogP contribution in [0.4, 0.5) is 4.39 Å². The van der Waals surface area contributed by atoms with Gasteiger partial charge in [0.1, 0.15) is 5.82 Å². The lowest BCUT2D eigenvalue weighted by atomic mass is 9.86. The molecule has 0 spiro atoms. The maximum absolute atomic E-state index is 14.8. The standard InChI is InChI=1S/C23H26FN5O/c1-13(16-4-6-26-7-5-16)8-17-9-18(10-20(24)15(17)3)21-11-19(22(25)30)23-27-14(2)12-29(23)28-21/h9-12,16,26H,1,4-8H2,2-3H3,(H2,25,30). The fraction of sp³-hybridized carbons (Fsp3) is 0.348. The summed E-state index contributed by atoms with van der Waals surface area (Å²) in [6.45, 7) is 9.86. The van der Waals surface area contributed by atoms with E-state index < -0.39 is 5.91 Å². The number of nitrogens with one attached hydrogen (secondary N) is 1. The van der Waals surface area contributed by atoms with Crippen molar-refractivity contribution in [3.8, 4) is 11.3 Å². The number of hydrogen-bond acceptors (Lipinski definition) is 4. The van der Waals surface area contributed by atoms with E-state index in [1.807, 2.05) is 13.0 Å². The number of rotatable bonds is 5. The highest BCUT2D eigenvalue weighted by Gasteiger charge is 2.19. The van der Waals surface area contributed by atoms with Gasteiger partial charge in [-0.3, -0.25) is 4.79 Å². The minimum absolute atomic E-state index is 0.259. The van der Waals surface area contributed by atoms with Crippen LogP contribution >= 0.6 is 0 Å². The third kappa shape index (κ3) is 3.85. The SMILES string of the molecule is C=C(Cc1cc(-c2cc(C(N)=O)c3nc(C)cn3n2)cc(F)c1C)C1CCNCC1. The molecule has 0 aliphatic carbocycles. The van der Waals surface area contributed by atoms with Crippen molar-refractivity contribution < 1.29 is 9.18 Å². The lowest BCUT2D eigenvalue weighted by molar-refractivity contribution is 0.100. The lowest BCUT2D eigenvalue weighted by Crippen LogP contribution is -2.28. The smallest absolute Gasteiger partial charge is 0.252 e. The quantitative estimate of drug-likeness (QED) is 0.635. The van der Waals surface area contributed by atoms with E-state index in [0.717, 1.165) is 42.8 Å². The summed E-state index contributed by atoms with van der Waals surface area (Å²) in [5.74, 6) is -0.450. The largest absolute Gasteiger partial charge is 0.365 e. The van der Waals surface area contributed by atoms with E-state index in [1.54, 1.807) is 19.2 Å². The Morgan fingerprint density at radius 1 is 1.30 bits per heavy atom. The minimum Gasteiger partial charge on any atom is -0.365 e. The molecule has 30 heavy (non-hydrogen) atoms. The topological polar surface area (TPSA) is 85.3 Å². The fourth-order valence-electron chi connectivity index (χ4n) is 4.10. The number of fused-ring (bicyclic) bond motifs is 1. The fourth-order valence-corrected chi connectivity index (χ4v) is 4.10. The van der Waals surface area contributed by atoms with E-state index in [2.05, 4.69) is 22.0 Å². The summed E-state index contributed by atoms with van der Waals surface area (Å²) in [6, 6.07) is 4.97. The lowest BCUT2D eigenvalue weighted by Gasteiger charge is -2.25. The number of nitrogens with zero attached hydrogens (tertiary/aromatic N) is 3. The minimum atomic E-state index is -0.596. The molecule has 3 heterocycles. The number of imidazole rings is 1. The highest BCUT2D eigenvalue weighted by atomic mass is 19.1. The van der Waals surface area contributed by atoms with Gasteiger partial charge in [-0.15, -0.1) is 0 Å². The molecule has 1 aromatic carbocycles. The summed E-state index contributed by atoms with van der Waals surface area (Å²) >= 11 is 0. The first-order valence-electron chi connectivity index (χ1n) is 10.2. The Morgan fingerprint density at radius 3 is 2.73 bits per heavy atom. The van der Waals surface area contributed by atoms with E-state index in [9.17, 15) is 9.18 Å². The molecule has 6 nitrogen and oxygen atoms in total. The van der Waals surface area contributed by atoms with Gasteiger partial charge in [0, 0.05) is 5.56 Å². The van der Waals surface area contributed by atoms with E-state index in [1.165, 1.54) is 10.6 Å². The van der Waals surface area contributed by atoms with Crippen LogP contribution in [-0.2, 0) is 6.42 Å². The Labute approximate surface area is 175 Å². The summed E-state index contributed by atoms with van der Waals surface area (Å²) in [5, 5.41) is 7.90. The summed E-state index contributed by atoms with van der Waals surface area (Å²) < 4.78 is 16.3. The van der Waals surface area contributed by atoms with Gasteiger partial charge in [0.25, 0.3) is 5.91 Å². The first-order valence-corrected chi connectivity index (χ1v) is 10.2. The summed E-state index contributed by atoms with van der Waals surface area (Å²) in [6.07, 6.45) is 4.45. The Kier molecular flexibility index (Phi) is 5.39. The van der Waals surface area contributed by atoms with Crippen LogP contribution in [0.5, 0.6) is 0 Å². The molecule has 1 aliphatic heterocycles. The van der Waals surface area contributed by atoms with Crippen molar-refractivity contribution >= 4 is 11.6 Å². The number of carbonyl (C=O) groups is 1. The van der Waals surface area contributed by atoms with Gasteiger partial charge in [0.15, 0.2) is 5.65 Å². The number of benzene rings is 1. The normalized spacial score (nSPS) is 14.9. The van der Waals surface area contributed by atoms with Gasteiger partial charge >= 0.3 is 0 Å². The second-order valence-corrected chi connectivity index (χ2v) is 8.06. The monoisotopic (exact) mass is 407 g/mol. The number of amides is 1. The van der Waals surface area contributed by atoms with Gasteiger partial charge in [-0.25, -0.2) is 13.9 Å². The van der Waals surface area contributed by atoms with Crippen LogP contribution in [0.1, 0.15) is 40.0 Å². The molecule has 3 N–H and O–H groups in total. The number of allylic oxidation sites excluding steroid dienone is 1. The molecule has 0 saturated carbocycles. The van der Waals surface area contributed by atoms with Gasteiger partial charge in [-0.1, -0.05) is 12.2 Å². The van der Waals surface area contributed by atoms with Crippen LogP contribution < -0.4 is 11.1 Å². The maximum atomic E-state index is 14.8.